The molecule has 1 N–H and O–H groups in total. The second-order valence-electron chi connectivity index (χ2n) is 9.15. The Kier molecular flexibility index (Phi) is 7.42. The summed E-state index contributed by atoms with van der Waals surface area (Å²) >= 11 is 6.05. The molecule has 2 amide bonds. The number of sulfonamides is 1. The first-order chi connectivity index (χ1) is 16.4. The molecular formula is C23H28ClN3O6S2. The van der Waals surface area contributed by atoms with E-state index >= 15 is 0 Å². The predicted octanol–water partition coefficient (Wildman–Crippen LogP) is 1.35. The fourth-order valence-electron chi connectivity index (χ4n) is 4.59. The van der Waals surface area contributed by atoms with Crippen LogP contribution < -0.4 is 4.72 Å². The van der Waals surface area contributed by atoms with Crippen LogP contribution >= 0.6 is 11.6 Å². The van der Waals surface area contributed by atoms with Gasteiger partial charge in [-0.1, -0.05) is 23.7 Å². The smallest absolute Gasteiger partial charge is 0.242 e. The summed E-state index contributed by atoms with van der Waals surface area (Å²) < 4.78 is 52.3. The molecule has 1 aromatic rings. The topological polar surface area (TPSA) is 121 Å². The predicted molar refractivity (Wildman–Crippen MR) is 134 cm³/mol. The minimum atomic E-state index is -4.00. The number of hydrogen-bond acceptors (Lipinski definition) is 6. The van der Waals surface area contributed by atoms with E-state index in [1.807, 2.05) is 0 Å². The molecule has 2 aliphatic heterocycles. The number of benzene rings is 1. The van der Waals surface area contributed by atoms with E-state index in [1.165, 1.54) is 15.9 Å². The van der Waals surface area contributed by atoms with Crippen LogP contribution in [0.25, 0.3) is 6.08 Å². The van der Waals surface area contributed by atoms with Crippen molar-refractivity contribution in [1.29, 1.82) is 0 Å². The fourth-order valence-corrected chi connectivity index (χ4v) is 7.06. The first-order valence-electron chi connectivity index (χ1n) is 11.4. The summed E-state index contributed by atoms with van der Waals surface area (Å²) in [5.41, 5.74) is 1.64. The Labute approximate surface area is 210 Å². The summed E-state index contributed by atoms with van der Waals surface area (Å²) in [6.07, 6.45) is 7.72. The lowest BCUT2D eigenvalue weighted by atomic mass is 10.1. The molecule has 2 atom stereocenters. The lowest BCUT2D eigenvalue weighted by Gasteiger charge is -2.33. The Morgan fingerprint density at radius 3 is 2.66 bits per heavy atom. The number of allylic oxidation sites excluding steroid dienone is 2. The highest BCUT2D eigenvalue weighted by atomic mass is 35.5. The highest BCUT2D eigenvalue weighted by molar-refractivity contribution is 7.93. The van der Waals surface area contributed by atoms with Crippen LogP contribution in [0.2, 0.25) is 5.02 Å². The van der Waals surface area contributed by atoms with Gasteiger partial charge in [0.25, 0.3) is 0 Å². The molecule has 9 nitrogen and oxygen atoms in total. The normalized spacial score (nSPS) is 23.1. The van der Waals surface area contributed by atoms with Crippen molar-refractivity contribution in [1.82, 2.24) is 14.5 Å². The van der Waals surface area contributed by atoms with Crippen molar-refractivity contribution < 1.29 is 26.4 Å². The molecule has 2 fully saturated rings. The number of fused-ring (bicyclic) bond motifs is 1. The fraction of sp³-hybridized carbons (Fsp3) is 0.478. The Bertz CT molecular complexity index is 1310. The third-order valence-corrected chi connectivity index (χ3v) is 9.89. The molecule has 0 spiro atoms. The van der Waals surface area contributed by atoms with E-state index in [0.717, 1.165) is 17.4 Å². The molecule has 190 valence electrons. The maximum absolute atomic E-state index is 13.1. The molecule has 3 aliphatic rings. The number of carbonyl (C=O) groups is 2. The average Bonchev–Trinajstić information content (AvgIpc) is 3.19. The second-order valence-corrected chi connectivity index (χ2v) is 13.6. The Morgan fingerprint density at radius 2 is 1.94 bits per heavy atom. The molecule has 2 heterocycles. The highest BCUT2D eigenvalue weighted by Crippen LogP contribution is 2.25. The Hall–Kier alpha value is -2.21. The Morgan fingerprint density at radius 1 is 1.17 bits per heavy atom. The summed E-state index contributed by atoms with van der Waals surface area (Å²) in [6.45, 7) is 0.567. The SMILES string of the molecule is CS(=O)(=O)C1CCN(C(=O)CN2CCC[C@H](NS(=O)(=O)C3=Cc4ccc(Cl)cc4CC=C3)C2=O)C1. The number of rotatable bonds is 6. The number of sulfone groups is 1. The summed E-state index contributed by atoms with van der Waals surface area (Å²) in [7, 11) is -7.25. The first kappa shape index (κ1) is 25.9. The number of carbonyl (C=O) groups excluding carboxylic acids is 2. The maximum Gasteiger partial charge on any atom is 0.242 e. The van der Waals surface area contributed by atoms with E-state index in [1.54, 1.807) is 30.4 Å². The van der Waals surface area contributed by atoms with Crippen LogP contribution in [-0.2, 0) is 35.9 Å². The number of likely N-dealkylation sites (tertiary alicyclic amines) is 2. The van der Waals surface area contributed by atoms with Crippen LogP contribution in [-0.4, -0.2) is 82.2 Å². The number of piperidine rings is 1. The van der Waals surface area contributed by atoms with Gasteiger partial charge in [0, 0.05) is 30.9 Å². The van der Waals surface area contributed by atoms with E-state index < -0.39 is 37.1 Å². The number of nitrogens with zero attached hydrogens (tertiary/aromatic N) is 2. The standard InChI is InChI=1S/C23H28ClN3O6S2/c1-34(30,31)20-9-11-26(14-20)22(28)15-27-10-3-6-21(23(27)29)25-35(32,33)19-5-2-4-16-12-18(24)8-7-17(16)13-19/h2,5,7-8,12-13,20-21,25H,3-4,6,9-11,14-15H2,1H3/t20?,21-/m0/s1. The minimum absolute atomic E-state index is 0.0449. The van der Waals surface area contributed by atoms with Crippen LogP contribution in [0, 0.1) is 0 Å². The summed E-state index contributed by atoms with van der Waals surface area (Å²) in [6, 6.07) is 4.26. The minimum Gasteiger partial charge on any atom is -0.340 e. The zero-order valence-corrected chi connectivity index (χ0v) is 21.7. The third-order valence-electron chi connectivity index (χ3n) is 6.59. The number of amides is 2. The molecule has 0 aromatic heterocycles. The average molecular weight is 542 g/mol. The van der Waals surface area contributed by atoms with Gasteiger partial charge in [0.1, 0.15) is 6.04 Å². The zero-order valence-electron chi connectivity index (χ0n) is 19.3. The first-order valence-corrected chi connectivity index (χ1v) is 15.2. The van der Waals surface area contributed by atoms with Gasteiger partial charge in [-0.15, -0.1) is 0 Å². The molecule has 12 heteroatoms. The summed E-state index contributed by atoms with van der Waals surface area (Å²) in [4.78, 5) is 28.6. The van der Waals surface area contributed by atoms with Gasteiger partial charge in [0.15, 0.2) is 9.84 Å². The monoisotopic (exact) mass is 541 g/mol. The molecule has 1 aromatic carbocycles. The quantitative estimate of drug-likeness (QED) is 0.580. The van der Waals surface area contributed by atoms with Crippen LogP contribution in [0.3, 0.4) is 0 Å². The van der Waals surface area contributed by atoms with Crippen molar-refractivity contribution in [3.63, 3.8) is 0 Å². The van der Waals surface area contributed by atoms with Crippen LogP contribution in [0.15, 0.2) is 35.3 Å². The molecule has 1 aliphatic carbocycles. The number of halogens is 1. The Balaban J connectivity index is 1.43. The van der Waals surface area contributed by atoms with Gasteiger partial charge >= 0.3 is 0 Å². The maximum atomic E-state index is 13.1. The van der Waals surface area contributed by atoms with Crippen LogP contribution in [0.4, 0.5) is 0 Å². The summed E-state index contributed by atoms with van der Waals surface area (Å²) in [5.74, 6) is -0.796. The van der Waals surface area contributed by atoms with Crippen molar-refractivity contribution in [3.05, 3.63) is 51.4 Å². The third kappa shape index (κ3) is 5.96. The lowest BCUT2D eigenvalue weighted by Crippen LogP contribution is -2.54. The van der Waals surface area contributed by atoms with Gasteiger partial charge in [0.2, 0.25) is 21.8 Å². The lowest BCUT2D eigenvalue weighted by molar-refractivity contribution is -0.142. The molecule has 0 radical (unpaired) electrons. The van der Waals surface area contributed by atoms with Crippen LogP contribution in [0.5, 0.6) is 0 Å². The highest BCUT2D eigenvalue weighted by Gasteiger charge is 2.37. The van der Waals surface area contributed by atoms with Crippen molar-refractivity contribution >= 4 is 49.4 Å². The molecule has 2 saturated heterocycles. The van der Waals surface area contributed by atoms with Gasteiger partial charge in [-0.2, -0.15) is 4.72 Å². The molecule has 0 bridgehead atoms. The largest absolute Gasteiger partial charge is 0.340 e. The van der Waals surface area contributed by atoms with Gasteiger partial charge in [-0.05, 0) is 61.1 Å². The number of nitrogens with one attached hydrogen (secondary N) is 1. The molecule has 4 rings (SSSR count). The van der Waals surface area contributed by atoms with E-state index in [4.69, 9.17) is 11.6 Å². The molecular weight excluding hydrogens is 514 g/mol. The van der Waals surface area contributed by atoms with E-state index in [2.05, 4.69) is 4.72 Å². The van der Waals surface area contributed by atoms with E-state index in [9.17, 15) is 26.4 Å². The van der Waals surface area contributed by atoms with Gasteiger partial charge < -0.3 is 9.80 Å². The molecule has 1 unspecified atom stereocenters. The van der Waals surface area contributed by atoms with Crippen molar-refractivity contribution in [2.45, 2.75) is 37.0 Å². The summed E-state index contributed by atoms with van der Waals surface area (Å²) in [5, 5.41) is -0.0247. The zero-order chi connectivity index (χ0) is 25.4. The molecule has 35 heavy (non-hydrogen) atoms. The van der Waals surface area contributed by atoms with Gasteiger partial charge in [0.05, 0.1) is 16.7 Å². The van der Waals surface area contributed by atoms with Crippen molar-refractivity contribution in [2.24, 2.45) is 0 Å². The van der Waals surface area contributed by atoms with E-state index in [0.29, 0.717) is 43.8 Å². The van der Waals surface area contributed by atoms with Crippen LogP contribution in [0.1, 0.15) is 30.4 Å². The molecule has 0 saturated carbocycles. The van der Waals surface area contributed by atoms with Crippen molar-refractivity contribution in [3.8, 4) is 0 Å². The van der Waals surface area contributed by atoms with E-state index in [-0.39, 0.29) is 23.9 Å². The van der Waals surface area contributed by atoms with Gasteiger partial charge in [-0.25, -0.2) is 16.8 Å². The van der Waals surface area contributed by atoms with Gasteiger partial charge in [-0.3, -0.25) is 9.59 Å². The number of hydrogen-bond donors (Lipinski definition) is 1. The second kappa shape index (κ2) is 10.0. The van der Waals surface area contributed by atoms with Crippen molar-refractivity contribution in [2.75, 3.05) is 32.4 Å².